The molecule has 3 aromatic rings. The van der Waals surface area contributed by atoms with E-state index in [0.29, 0.717) is 10.8 Å². The summed E-state index contributed by atoms with van der Waals surface area (Å²) in [7, 11) is 0. The number of nitrogens with zero attached hydrogens (tertiary/aromatic N) is 2. The summed E-state index contributed by atoms with van der Waals surface area (Å²) in [4.78, 5) is 48.2. The summed E-state index contributed by atoms with van der Waals surface area (Å²) < 4.78 is 0. The van der Waals surface area contributed by atoms with E-state index >= 15 is 0 Å². The van der Waals surface area contributed by atoms with Gasteiger partial charge in [-0.2, -0.15) is 0 Å². The molecule has 3 rings (SSSR count). The summed E-state index contributed by atoms with van der Waals surface area (Å²) in [5.41, 5.74) is -0.401. The second-order valence-corrected chi connectivity index (χ2v) is 9.32. The Bertz CT molecular complexity index is 1230. The number of nitrogens with one attached hydrogen (secondary N) is 2. The average molecular weight is 487 g/mol. The number of hydrogen-bond donors (Lipinski definition) is 4. The highest BCUT2D eigenvalue weighted by atomic mass is 32.2. The monoisotopic (exact) mass is 486 g/mol. The van der Waals surface area contributed by atoms with Crippen molar-refractivity contribution >= 4 is 57.7 Å². The van der Waals surface area contributed by atoms with Crippen molar-refractivity contribution in [3.05, 3.63) is 64.2 Å². The van der Waals surface area contributed by atoms with E-state index in [9.17, 15) is 24.3 Å². The van der Waals surface area contributed by atoms with E-state index in [4.69, 9.17) is 5.11 Å². The number of rotatable bonds is 8. The Morgan fingerprint density at radius 2 is 1.64 bits per heavy atom. The summed E-state index contributed by atoms with van der Waals surface area (Å²) in [5.74, 6) is -3.62. The van der Waals surface area contributed by atoms with Crippen LogP contribution in [0, 0.1) is 6.92 Å². The molecule has 0 aliphatic rings. The van der Waals surface area contributed by atoms with Crippen molar-refractivity contribution in [2.75, 3.05) is 10.6 Å². The van der Waals surface area contributed by atoms with Gasteiger partial charge in [-0.05, 0) is 56.3 Å². The first kappa shape index (κ1) is 23.9. The Hall–Kier alpha value is -3.77. The minimum atomic E-state index is -1.41. The molecule has 0 fully saturated rings. The summed E-state index contributed by atoms with van der Waals surface area (Å²) in [6.45, 7) is 3.54. The van der Waals surface area contributed by atoms with Crippen LogP contribution in [0.15, 0.2) is 47.4 Å². The molecule has 4 N–H and O–H groups in total. The summed E-state index contributed by atoms with van der Waals surface area (Å²) >= 11 is 2.59. The normalized spacial score (nSPS) is 11.5. The quantitative estimate of drug-likeness (QED) is 0.349. The predicted octanol–water partition coefficient (Wildman–Crippen LogP) is 3.61. The average Bonchev–Trinajstić information content (AvgIpc) is 3.18. The molecule has 33 heavy (non-hydrogen) atoms. The minimum Gasteiger partial charge on any atom is -0.478 e. The Morgan fingerprint density at radius 1 is 0.939 bits per heavy atom. The van der Waals surface area contributed by atoms with Gasteiger partial charge in [-0.25, -0.2) is 9.59 Å². The van der Waals surface area contributed by atoms with Crippen LogP contribution in [0.1, 0.15) is 43.0 Å². The van der Waals surface area contributed by atoms with E-state index in [1.165, 1.54) is 29.2 Å². The lowest BCUT2D eigenvalue weighted by atomic mass is 10.0. The van der Waals surface area contributed by atoms with Gasteiger partial charge in [-0.1, -0.05) is 11.3 Å². The first-order chi connectivity index (χ1) is 15.6. The molecule has 0 spiro atoms. The Labute approximate surface area is 196 Å². The third kappa shape index (κ3) is 6.14. The van der Waals surface area contributed by atoms with E-state index in [1.54, 1.807) is 38.1 Å². The topological polar surface area (TPSA) is 159 Å². The number of aromatic nitrogens is 2. The Morgan fingerprint density at radius 3 is 2.21 bits per heavy atom. The van der Waals surface area contributed by atoms with Crippen LogP contribution >= 0.6 is 23.1 Å². The van der Waals surface area contributed by atoms with Crippen LogP contribution in [0.3, 0.4) is 0 Å². The lowest BCUT2D eigenvalue weighted by molar-refractivity contribution is -0.115. The fraction of sp³-hybridized carbons (Fsp3) is 0.143. The van der Waals surface area contributed by atoms with Crippen LogP contribution in [0.5, 0.6) is 0 Å². The molecule has 12 heteroatoms. The van der Waals surface area contributed by atoms with Crippen molar-refractivity contribution in [1.29, 1.82) is 0 Å². The van der Waals surface area contributed by atoms with E-state index in [2.05, 4.69) is 20.8 Å². The third-order valence-corrected chi connectivity index (χ3v) is 6.16. The van der Waals surface area contributed by atoms with Gasteiger partial charge in [0.1, 0.15) is 5.01 Å². The number of thioether (sulfide) groups is 1. The van der Waals surface area contributed by atoms with Gasteiger partial charge in [0.05, 0.1) is 21.9 Å². The summed E-state index contributed by atoms with van der Waals surface area (Å²) in [6.07, 6.45) is 0. The maximum atomic E-state index is 12.6. The molecule has 1 atom stereocenters. The van der Waals surface area contributed by atoms with Crippen molar-refractivity contribution in [3.8, 4) is 0 Å². The van der Waals surface area contributed by atoms with Crippen molar-refractivity contribution in [2.24, 2.45) is 0 Å². The van der Waals surface area contributed by atoms with Gasteiger partial charge in [0, 0.05) is 10.6 Å². The zero-order valence-corrected chi connectivity index (χ0v) is 19.0. The Balaban J connectivity index is 1.64. The number of hydrogen-bond acceptors (Lipinski definition) is 8. The number of anilines is 2. The first-order valence-electron chi connectivity index (χ1n) is 9.43. The molecular formula is C21H18N4O6S2. The van der Waals surface area contributed by atoms with Gasteiger partial charge in [-0.3, -0.25) is 14.9 Å². The van der Waals surface area contributed by atoms with Gasteiger partial charge in [-0.15, -0.1) is 22.0 Å². The zero-order valence-electron chi connectivity index (χ0n) is 17.4. The van der Waals surface area contributed by atoms with Crippen molar-refractivity contribution in [2.45, 2.75) is 24.0 Å². The van der Waals surface area contributed by atoms with Crippen LogP contribution in [0.4, 0.5) is 10.8 Å². The van der Waals surface area contributed by atoms with Crippen LogP contribution in [0.25, 0.3) is 0 Å². The highest BCUT2D eigenvalue weighted by Crippen LogP contribution is 2.26. The van der Waals surface area contributed by atoms with E-state index < -0.39 is 28.7 Å². The molecule has 0 bridgehead atoms. The molecule has 170 valence electrons. The lowest BCUT2D eigenvalue weighted by Gasteiger charge is -2.12. The highest BCUT2D eigenvalue weighted by Gasteiger charge is 2.20. The van der Waals surface area contributed by atoms with Gasteiger partial charge in [0.2, 0.25) is 11.0 Å². The molecule has 0 aliphatic carbocycles. The molecule has 10 nitrogen and oxygen atoms in total. The number of aryl methyl sites for hydroxylation is 1. The number of amides is 2. The summed E-state index contributed by atoms with van der Waals surface area (Å²) in [5, 5.41) is 32.1. The largest absolute Gasteiger partial charge is 0.478 e. The van der Waals surface area contributed by atoms with Gasteiger partial charge in [0.25, 0.3) is 5.91 Å². The molecule has 1 aromatic heterocycles. The standard InChI is InChI=1S/C21H18N4O6S2/c1-10(17(26)23-21-25-24-11(2)33-21)32-14-6-4-13(5-7-14)22-18(27)15-8-3-12(19(28)29)9-16(15)20(30)31/h3-10H,1-2H3,(H,22,27)(H,28,29)(H,30,31)(H,23,25,26). The lowest BCUT2D eigenvalue weighted by Crippen LogP contribution is -2.22. The maximum Gasteiger partial charge on any atom is 0.336 e. The molecule has 2 amide bonds. The molecule has 1 unspecified atom stereocenters. The summed E-state index contributed by atoms with van der Waals surface area (Å²) in [6, 6.07) is 9.92. The van der Waals surface area contributed by atoms with Crippen LogP contribution in [-0.4, -0.2) is 49.4 Å². The third-order valence-electron chi connectivity index (χ3n) is 4.29. The fourth-order valence-corrected chi connectivity index (χ4v) is 4.14. The SMILES string of the molecule is Cc1nnc(NC(=O)C(C)Sc2ccc(NC(=O)c3ccc(C(=O)O)cc3C(=O)O)cc2)s1. The first-order valence-corrected chi connectivity index (χ1v) is 11.1. The molecule has 0 saturated carbocycles. The second kappa shape index (κ2) is 10.2. The van der Waals surface area contributed by atoms with E-state index in [1.807, 2.05) is 0 Å². The zero-order chi connectivity index (χ0) is 24.1. The van der Waals surface area contributed by atoms with Crippen LogP contribution < -0.4 is 10.6 Å². The van der Waals surface area contributed by atoms with E-state index in [-0.39, 0.29) is 17.0 Å². The van der Waals surface area contributed by atoms with Crippen molar-refractivity contribution in [1.82, 2.24) is 10.2 Å². The maximum absolute atomic E-state index is 12.6. The predicted molar refractivity (Wildman–Crippen MR) is 123 cm³/mol. The molecule has 2 aromatic carbocycles. The number of carbonyl (C=O) groups is 4. The molecule has 1 heterocycles. The highest BCUT2D eigenvalue weighted by molar-refractivity contribution is 8.00. The van der Waals surface area contributed by atoms with Gasteiger partial charge >= 0.3 is 11.9 Å². The minimum absolute atomic E-state index is 0.164. The van der Waals surface area contributed by atoms with Crippen LogP contribution in [0.2, 0.25) is 0 Å². The van der Waals surface area contributed by atoms with Gasteiger partial charge < -0.3 is 15.5 Å². The molecule has 0 saturated heterocycles. The van der Waals surface area contributed by atoms with Crippen LogP contribution in [-0.2, 0) is 4.79 Å². The molecule has 0 radical (unpaired) electrons. The number of aromatic carboxylic acids is 2. The van der Waals surface area contributed by atoms with Crippen molar-refractivity contribution in [3.63, 3.8) is 0 Å². The van der Waals surface area contributed by atoms with Gasteiger partial charge in [0.15, 0.2) is 0 Å². The number of carbonyl (C=O) groups excluding carboxylic acids is 2. The smallest absolute Gasteiger partial charge is 0.336 e. The number of carboxylic acids is 2. The molecular weight excluding hydrogens is 468 g/mol. The molecule has 0 aliphatic heterocycles. The van der Waals surface area contributed by atoms with E-state index in [0.717, 1.165) is 22.0 Å². The number of benzene rings is 2. The van der Waals surface area contributed by atoms with Crippen molar-refractivity contribution < 1.29 is 29.4 Å². The second-order valence-electron chi connectivity index (χ2n) is 6.72. The number of carboxylic acid groups (broad SMARTS) is 2. The fourth-order valence-electron chi connectivity index (χ4n) is 2.68. The Kier molecular flexibility index (Phi) is 7.41.